The lowest BCUT2D eigenvalue weighted by Crippen LogP contribution is -2.12. The Morgan fingerprint density at radius 2 is 1.67 bits per heavy atom. The van der Waals surface area contributed by atoms with Crippen LogP contribution >= 0.6 is 0 Å². The molecule has 0 saturated carbocycles. The van der Waals surface area contributed by atoms with E-state index >= 15 is 0 Å². The molecule has 0 saturated heterocycles. The molecule has 1 atom stereocenters. The van der Waals surface area contributed by atoms with E-state index in [1.165, 1.54) is 12.1 Å². The fraction of sp³-hybridized carbons (Fsp3) is 0.0714. The fourth-order valence-corrected chi connectivity index (χ4v) is 1.66. The second kappa shape index (κ2) is 4.89. The van der Waals surface area contributed by atoms with E-state index in [4.69, 9.17) is 5.11 Å². The summed E-state index contributed by atoms with van der Waals surface area (Å²) in [5, 5.41) is 28.6. The molecule has 0 amide bonds. The lowest BCUT2D eigenvalue weighted by molar-refractivity contribution is 0.0744. The van der Waals surface area contributed by atoms with Crippen molar-refractivity contribution in [1.29, 1.82) is 0 Å². The second-order valence-electron chi connectivity index (χ2n) is 3.88. The van der Waals surface area contributed by atoms with E-state index in [1.54, 1.807) is 30.3 Å². The van der Waals surface area contributed by atoms with Crippen LogP contribution in [0.2, 0.25) is 0 Å². The van der Waals surface area contributed by atoms with Crippen LogP contribution in [0.4, 0.5) is 0 Å². The Labute approximate surface area is 104 Å². The monoisotopic (exact) mass is 244 g/mol. The highest BCUT2D eigenvalue weighted by Gasteiger charge is 2.21. The van der Waals surface area contributed by atoms with Crippen LogP contribution in [0.15, 0.2) is 48.5 Å². The molecule has 0 aromatic heterocycles. The van der Waals surface area contributed by atoms with Gasteiger partial charge in [-0.05, 0) is 17.7 Å². The van der Waals surface area contributed by atoms with Crippen molar-refractivity contribution in [3.8, 4) is 11.5 Å². The second-order valence-corrected chi connectivity index (χ2v) is 3.88. The highest BCUT2D eigenvalue weighted by Crippen LogP contribution is 2.27. The van der Waals surface area contributed by atoms with Crippen LogP contribution in [0, 0.1) is 0 Å². The predicted molar refractivity (Wildman–Crippen MR) is 65.5 cm³/mol. The number of Topliss-reactive ketones (excluding diaryl/α,β-unsaturated/α-hetero) is 1. The predicted octanol–water partition coefficient (Wildman–Crippen LogP) is 2.01. The topological polar surface area (TPSA) is 77.8 Å². The van der Waals surface area contributed by atoms with Crippen LogP contribution in [-0.4, -0.2) is 21.1 Å². The van der Waals surface area contributed by atoms with Gasteiger partial charge in [-0.3, -0.25) is 4.79 Å². The molecule has 0 aliphatic carbocycles. The molecule has 4 nitrogen and oxygen atoms in total. The van der Waals surface area contributed by atoms with E-state index in [9.17, 15) is 15.0 Å². The van der Waals surface area contributed by atoms with Crippen molar-refractivity contribution in [2.75, 3.05) is 0 Å². The Bertz CT molecular complexity index is 563. The molecule has 0 heterocycles. The summed E-state index contributed by atoms with van der Waals surface area (Å²) in [6, 6.07) is 12.1. The fourth-order valence-electron chi connectivity index (χ4n) is 1.66. The number of hydrogen-bond acceptors (Lipinski definition) is 4. The smallest absolute Gasteiger partial charge is 0.199 e. The maximum absolute atomic E-state index is 12.0. The Morgan fingerprint density at radius 3 is 2.28 bits per heavy atom. The zero-order valence-corrected chi connectivity index (χ0v) is 9.45. The number of ketones is 1. The van der Waals surface area contributed by atoms with Gasteiger partial charge < -0.3 is 15.3 Å². The van der Waals surface area contributed by atoms with Gasteiger partial charge in [0.2, 0.25) is 0 Å². The zero-order valence-electron chi connectivity index (χ0n) is 9.45. The summed E-state index contributed by atoms with van der Waals surface area (Å²) in [7, 11) is 0. The molecule has 92 valence electrons. The number of aromatic hydroxyl groups is 2. The largest absolute Gasteiger partial charge is 0.508 e. The molecule has 0 aliphatic heterocycles. The highest BCUT2D eigenvalue weighted by atomic mass is 16.3. The van der Waals surface area contributed by atoms with E-state index in [1.807, 2.05) is 0 Å². The van der Waals surface area contributed by atoms with Crippen molar-refractivity contribution in [2.24, 2.45) is 0 Å². The van der Waals surface area contributed by atoms with E-state index < -0.39 is 11.9 Å². The van der Waals surface area contributed by atoms with E-state index in [-0.39, 0.29) is 17.1 Å². The van der Waals surface area contributed by atoms with Gasteiger partial charge in [0.15, 0.2) is 5.78 Å². The molecule has 0 radical (unpaired) electrons. The third kappa shape index (κ3) is 2.33. The third-order valence-electron chi connectivity index (χ3n) is 2.61. The molecule has 2 aromatic carbocycles. The lowest BCUT2D eigenvalue weighted by atomic mass is 9.99. The van der Waals surface area contributed by atoms with Crippen molar-refractivity contribution >= 4 is 5.78 Å². The average molecular weight is 244 g/mol. The van der Waals surface area contributed by atoms with Crippen LogP contribution < -0.4 is 0 Å². The summed E-state index contributed by atoms with van der Waals surface area (Å²) in [5.74, 6) is -1.10. The first-order valence-corrected chi connectivity index (χ1v) is 5.39. The highest BCUT2D eigenvalue weighted by molar-refractivity contribution is 6.02. The van der Waals surface area contributed by atoms with Crippen molar-refractivity contribution in [3.05, 3.63) is 59.7 Å². The van der Waals surface area contributed by atoms with Crippen molar-refractivity contribution in [2.45, 2.75) is 6.10 Å². The summed E-state index contributed by atoms with van der Waals surface area (Å²) in [5.41, 5.74) is 0.430. The summed E-state index contributed by atoms with van der Waals surface area (Å²) in [4.78, 5) is 12.0. The molecule has 18 heavy (non-hydrogen) atoms. The van der Waals surface area contributed by atoms with Crippen LogP contribution in [0.1, 0.15) is 22.0 Å². The number of phenolic OH excluding ortho intramolecular Hbond substituents is 2. The Balaban J connectivity index is 2.32. The quantitative estimate of drug-likeness (QED) is 0.722. The van der Waals surface area contributed by atoms with E-state index in [2.05, 4.69) is 0 Å². The van der Waals surface area contributed by atoms with E-state index in [0.717, 1.165) is 6.07 Å². The molecule has 3 N–H and O–H groups in total. The van der Waals surface area contributed by atoms with Gasteiger partial charge in [-0.1, -0.05) is 30.3 Å². The average Bonchev–Trinajstić information content (AvgIpc) is 2.38. The Kier molecular flexibility index (Phi) is 3.30. The molecule has 2 rings (SSSR count). The van der Waals surface area contributed by atoms with Gasteiger partial charge in [0.05, 0.1) is 5.56 Å². The lowest BCUT2D eigenvalue weighted by Gasteiger charge is -2.11. The normalized spacial score (nSPS) is 12.1. The molecule has 0 bridgehead atoms. The number of rotatable bonds is 3. The summed E-state index contributed by atoms with van der Waals surface area (Å²) in [6.45, 7) is 0. The minimum atomic E-state index is -1.33. The van der Waals surface area contributed by atoms with Crippen molar-refractivity contribution in [3.63, 3.8) is 0 Å². The van der Waals surface area contributed by atoms with Crippen molar-refractivity contribution in [1.82, 2.24) is 0 Å². The molecule has 1 unspecified atom stereocenters. The minimum absolute atomic E-state index is 0.0239. The minimum Gasteiger partial charge on any atom is -0.508 e. The van der Waals surface area contributed by atoms with E-state index in [0.29, 0.717) is 5.56 Å². The summed E-state index contributed by atoms with van der Waals surface area (Å²) >= 11 is 0. The summed E-state index contributed by atoms with van der Waals surface area (Å²) < 4.78 is 0. The summed E-state index contributed by atoms with van der Waals surface area (Å²) in [6.07, 6.45) is -1.33. The zero-order chi connectivity index (χ0) is 13.1. The number of aliphatic hydroxyl groups is 1. The molecular weight excluding hydrogens is 232 g/mol. The molecule has 4 heteroatoms. The van der Waals surface area contributed by atoms with Gasteiger partial charge in [0.25, 0.3) is 0 Å². The van der Waals surface area contributed by atoms with Gasteiger partial charge in [0, 0.05) is 6.07 Å². The van der Waals surface area contributed by atoms with Crippen molar-refractivity contribution < 1.29 is 20.1 Å². The van der Waals surface area contributed by atoms with Gasteiger partial charge in [-0.25, -0.2) is 0 Å². The number of benzene rings is 2. The standard InChI is InChI=1S/C14H12O4/c15-10-6-7-11(12(16)8-10)14(18)13(17)9-4-2-1-3-5-9/h1-8,13,15-17H. The van der Waals surface area contributed by atoms with Crippen LogP contribution in [0.25, 0.3) is 0 Å². The number of aliphatic hydroxyl groups excluding tert-OH is 1. The SMILES string of the molecule is O=C(c1ccc(O)cc1O)C(O)c1ccccc1. The van der Waals surface area contributed by atoms with Crippen LogP contribution in [0.5, 0.6) is 11.5 Å². The van der Waals surface area contributed by atoms with Crippen LogP contribution in [0.3, 0.4) is 0 Å². The molecule has 2 aromatic rings. The van der Waals surface area contributed by atoms with Crippen LogP contribution in [-0.2, 0) is 0 Å². The Hall–Kier alpha value is -2.33. The number of carbonyl (C=O) groups is 1. The van der Waals surface area contributed by atoms with Gasteiger partial charge >= 0.3 is 0 Å². The number of phenols is 2. The number of hydrogen-bond donors (Lipinski definition) is 3. The molecule has 0 aliphatic rings. The van der Waals surface area contributed by atoms with Gasteiger partial charge in [-0.15, -0.1) is 0 Å². The molecular formula is C14H12O4. The molecule has 0 fully saturated rings. The maximum Gasteiger partial charge on any atom is 0.199 e. The van der Waals surface area contributed by atoms with Gasteiger partial charge in [-0.2, -0.15) is 0 Å². The third-order valence-corrected chi connectivity index (χ3v) is 2.61. The maximum atomic E-state index is 12.0. The Morgan fingerprint density at radius 1 is 1.00 bits per heavy atom. The first kappa shape index (κ1) is 12.1. The molecule has 0 spiro atoms. The first-order valence-electron chi connectivity index (χ1n) is 5.39. The number of carbonyl (C=O) groups excluding carboxylic acids is 1. The first-order chi connectivity index (χ1) is 8.59. The van der Waals surface area contributed by atoms with Gasteiger partial charge in [0.1, 0.15) is 17.6 Å².